The molecule has 0 heterocycles. The standard InChI is InChI=1S/C4H5O.3C4H9.Sn/c5-3-4-1-2-4;3*1-3-4-2;/h1,3-4H,2H2;3*1,3-4H2,2H3;. The van der Waals surface area contributed by atoms with E-state index >= 15 is 0 Å². The van der Waals surface area contributed by atoms with E-state index in [1.54, 1.807) is 13.3 Å². The van der Waals surface area contributed by atoms with Crippen molar-refractivity contribution in [3.63, 3.8) is 0 Å². The molecule has 2 heteroatoms. The summed E-state index contributed by atoms with van der Waals surface area (Å²) in [6, 6.07) is 0. The van der Waals surface area contributed by atoms with Crippen LogP contribution in [0.5, 0.6) is 0 Å². The summed E-state index contributed by atoms with van der Waals surface area (Å²) in [5.74, 6) is 0.492. The fourth-order valence-corrected chi connectivity index (χ4v) is 23.0. The SMILES string of the molecule is CCC[CH2][Sn]([CH2]CCC)([CH2]CCC)[CH]1CC1C=O. The Bertz CT molecular complexity index is 217. The van der Waals surface area contributed by atoms with Crippen molar-refractivity contribution in [1.82, 2.24) is 0 Å². The molecule has 1 nitrogen and oxygen atoms in total. The molecule has 18 heavy (non-hydrogen) atoms. The summed E-state index contributed by atoms with van der Waals surface area (Å²) in [6.07, 6.45) is 10.9. The molecule has 2 unspecified atom stereocenters. The zero-order valence-corrected chi connectivity index (χ0v) is 15.6. The first-order valence-electron chi connectivity index (χ1n) is 8.19. The number of hydrogen-bond donors (Lipinski definition) is 0. The minimum atomic E-state index is -1.98. The number of unbranched alkanes of at least 4 members (excludes halogenated alkanes) is 3. The molecule has 1 aliphatic rings. The number of carbonyl (C=O) groups is 1. The van der Waals surface area contributed by atoms with Gasteiger partial charge in [-0.3, -0.25) is 0 Å². The fraction of sp³-hybridized carbons (Fsp3) is 0.938. The van der Waals surface area contributed by atoms with Gasteiger partial charge in [0.15, 0.2) is 0 Å². The third-order valence-electron chi connectivity index (χ3n) is 4.89. The topological polar surface area (TPSA) is 17.1 Å². The summed E-state index contributed by atoms with van der Waals surface area (Å²) in [5.41, 5.74) is 0. The van der Waals surface area contributed by atoms with Gasteiger partial charge in [0, 0.05) is 0 Å². The molecule has 0 aromatic rings. The Kier molecular flexibility index (Phi) is 7.90. The fourth-order valence-electron chi connectivity index (χ4n) is 3.59. The van der Waals surface area contributed by atoms with Crippen LogP contribution >= 0.6 is 0 Å². The van der Waals surface area contributed by atoms with Crippen molar-refractivity contribution in [3.8, 4) is 0 Å². The average Bonchev–Trinajstić information content (AvgIpc) is 3.18. The van der Waals surface area contributed by atoms with Crippen molar-refractivity contribution in [2.75, 3.05) is 0 Å². The summed E-state index contributed by atoms with van der Waals surface area (Å²) in [5, 5.41) is 0. The molecule has 1 saturated carbocycles. The van der Waals surface area contributed by atoms with Gasteiger partial charge in [-0.1, -0.05) is 0 Å². The molecule has 106 valence electrons. The van der Waals surface area contributed by atoms with Gasteiger partial charge in [0.2, 0.25) is 0 Å². The van der Waals surface area contributed by atoms with Gasteiger partial charge < -0.3 is 0 Å². The molecule has 0 aromatic carbocycles. The summed E-state index contributed by atoms with van der Waals surface area (Å²) >= 11 is -1.98. The second kappa shape index (κ2) is 8.60. The normalized spacial score (nSPS) is 23.1. The van der Waals surface area contributed by atoms with Gasteiger partial charge in [-0.15, -0.1) is 0 Å². The average molecular weight is 359 g/mol. The number of carbonyl (C=O) groups excluding carboxylic acids is 1. The van der Waals surface area contributed by atoms with Crippen molar-refractivity contribution < 1.29 is 4.79 Å². The van der Waals surface area contributed by atoms with Crippen molar-refractivity contribution >= 4 is 24.7 Å². The molecule has 0 bridgehead atoms. The monoisotopic (exact) mass is 360 g/mol. The Labute approximate surface area is 118 Å². The third-order valence-corrected chi connectivity index (χ3v) is 22.8. The van der Waals surface area contributed by atoms with Crippen LogP contribution in [-0.2, 0) is 4.79 Å². The molecule has 1 rings (SSSR count). The predicted octanol–water partition coefficient (Wildman–Crippen LogP) is 5.42. The van der Waals surface area contributed by atoms with E-state index in [9.17, 15) is 4.79 Å². The van der Waals surface area contributed by atoms with Gasteiger partial charge in [0.25, 0.3) is 0 Å². The van der Waals surface area contributed by atoms with E-state index in [2.05, 4.69) is 20.8 Å². The third kappa shape index (κ3) is 4.54. The Morgan fingerprint density at radius 2 is 1.39 bits per heavy atom. The van der Waals surface area contributed by atoms with E-state index in [0.29, 0.717) is 5.92 Å². The van der Waals surface area contributed by atoms with Gasteiger partial charge in [0.05, 0.1) is 0 Å². The molecular weight excluding hydrogens is 327 g/mol. The second-order valence-electron chi connectivity index (χ2n) is 6.32. The molecule has 0 radical (unpaired) electrons. The first-order chi connectivity index (χ1) is 8.74. The van der Waals surface area contributed by atoms with Crippen LogP contribution in [0.2, 0.25) is 17.2 Å². The van der Waals surface area contributed by atoms with Crippen LogP contribution < -0.4 is 0 Å². The van der Waals surface area contributed by atoms with Gasteiger partial charge >= 0.3 is 118 Å². The van der Waals surface area contributed by atoms with E-state index in [4.69, 9.17) is 0 Å². The number of hydrogen-bond acceptors (Lipinski definition) is 1. The van der Waals surface area contributed by atoms with Gasteiger partial charge in [0.1, 0.15) is 0 Å². The van der Waals surface area contributed by atoms with Crippen molar-refractivity contribution in [2.45, 2.75) is 83.0 Å². The van der Waals surface area contributed by atoms with Crippen molar-refractivity contribution in [2.24, 2.45) is 5.92 Å². The van der Waals surface area contributed by atoms with Crippen LogP contribution in [0.4, 0.5) is 0 Å². The van der Waals surface area contributed by atoms with Crippen LogP contribution in [0.1, 0.15) is 65.7 Å². The van der Waals surface area contributed by atoms with Crippen LogP contribution in [0.15, 0.2) is 0 Å². The van der Waals surface area contributed by atoms with Gasteiger partial charge in [-0.25, -0.2) is 0 Å². The van der Waals surface area contributed by atoms with E-state index in [1.807, 2.05) is 0 Å². The maximum atomic E-state index is 11.1. The van der Waals surface area contributed by atoms with Crippen molar-refractivity contribution in [1.29, 1.82) is 0 Å². The maximum absolute atomic E-state index is 11.1. The van der Waals surface area contributed by atoms with Crippen LogP contribution in [0, 0.1) is 5.92 Å². The summed E-state index contributed by atoms with van der Waals surface area (Å²) in [7, 11) is 0. The number of rotatable bonds is 11. The van der Waals surface area contributed by atoms with E-state index in [1.165, 1.54) is 51.2 Å². The zero-order chi connectivity index (χ0) is 13.4. The molecule has 0 aliphatic heterocycles. The molecule has 0 saturated heterocycles. The van der Waals surface area contributed by atoms with Gasteiger partial charge in [-0.05, 0) is 0 Å². The zero-order valence-electron chi connectivity index (χ0n) is 12.7. The minimum absolute atomic E-state index is 0.492. The van der Waals surface area contributed by atoms with Gasteiger partial charge in [-0.2, -0.15) is 0 Å². The van der Waals surface area contributed by atoms with Crippen LogP contribution in [0.3, 0.4) is 0 Å². The first kappa shape index (κ1) is 16.5. The summed E-state index contributed by atoms with van der Waals surface area (Å²) in [4.78, 5) is 11.1. The Morgan fingerprint density at radius 3 is 1.67 bits per heavy atom. The molecule has 1 aliphatic carbocycles. The van der Waals surface area contributed by atoms with Crippen LogP contribution in [0.25, 0.3) is 0 Å². The molecule has 0 N–H and O–H groups in total. The Hall–Kier alpha value is 0.469. The first-order valence-corrected chi connectivity index (χ1v) is 15.9. The number of aldehydes is 1. The Morgan fingerprint density at radius 1 is 0.944 bits per heavy atom. The van der Waals surface area contributed by atoms with Crippen molar-refractivity contribution in [3.05, 3.63) is 0 Å². The van der Waals surface area contributed by atoms with E-state index in [-0.39, 0.29) is 0 Å². The summed E-state index contributed by atoms with van der Waals surface area (Å²) < 4.78 is 5.64. The second-order valence-corrected chi connectivity index (χ2v) is 20.5. The molecule has 1 fully saturated rings. The molecule has 0 aromatic heterocycles. The van der Waals surface area contributed by atoms with Crippen LogP contribution in [-0.4, -0.2) is 24.7 Å². The molecular formula is C16H32OSn. The van der Waals surface area contributed by atoms with E-state index < -0.39 is 18.4 Å². The Balaban J connectivity index is 2.68. The van der Waals surface area contributed by atoms with E-state index in [0.717, 1.165) is 3.93 Å². The molecule has 0 spiro atoms. The molecule has 2 atom stereocenters. The predicted molar refractivity (Wildman–Crippen MR) is 82.8 cm³/mol. The summed E-state index contributed by atoms with van der Waals surface area (Å²) in [6.45, 7) is 6.96. The quantitative estimate of drug-likeness (QED) is 0.355. The molecule has 0 amide bonds.